The lowest BCUT2D eigenvalue weighted by atomic mass is 9.73. The molecule has 3 heterocycles. The highest BCUT2D eigenvalue weighted by molar-refractivity contribution is 6.10. The van der Waals surface area contributed by atoms with Gasteiger partial charge in [0.25, 0.3) is 0 Å². The van der Waals surface area contributed by atoms with Crippen molar-refractivity contribution in [2.24, 2.45) is 0 Å². The molecule has 10 aromatic rings. The van der Waals surface area contributed by atoms with Gasteiger partial charge in [-0.3, -0.25) is 4.57 Å². The summed E-state index contributed by atoms with van der Waals surface area (Å²) in [4.78, 5) is 9.93. The highest BCUT2D eigenvalue weighted by Crippen LogP contribution is 2.48. The van der Waals surface area contributed by atoms with Gasteiger partial charge in [-0.25, -0.2) is 4.98 Å². The maximum Gasteiger partial charge on any atom is 0.137 e. The Bertz CT molecular complexity index is 3530. The zero-order valence-corrected chi connectivity index (χ0v) is 43.1. The van der Waals surface area contributed by atoms with E-state index in [-0.39, 0.29) is 21.7 Å². The minimum Gasteiger partial charge on any atom is -0.457 e. The fourth-order valence-electron chi connectivity index (χ4n) is 10.8. The van der Waals surface area contributed by atoms with E-state index >= 15 is 0 Å². The molecule has 2 aromatic heterocycles. The number of rotatable bonds is 11. The van der Waals surface area contributed by atoms with Gasteiger partial charge >= 0.3 is 0 Å². The van der Waals surface area contributed by atoms with Crippen LogP contribution < -0.4 is 14.5 Å². The van der Waals surface area contributed by atoms with Gasteiger partial charge in [-0.1, -0.05) is 184 Å². The van der Waals surface area contributed by atoms with E-state index in [9.17, 15) is 0 Å². The molecule has 0 amide bonds. The predicted molar refractivity (Wildman–Crippen MR) is 302 cm³/mol. The first kappa shape index (κ1) is 46.5. The van der Waals surface area contributed by atoms with Crippen LogP contribution in [0.15, 0.2) is 212 Å². The molecule has 0 bridgehead atoms. The quantitative estimate of drug-likeness (QED) is 0.129. The lowest BCUT2D eigenvalue weighted by molar-refractivity contribution is 0.483. The maximum absolute atomic E-state index is 6.90. The molecule has 1 aliphatic heterocycles. The van der Waals surface area contributed by atoms with Crippen LogP contribution in [-0.2, 0) is 21.7 Å². The summed E-state index contributed by atoms with van der Waals surface area (Å²) in [6, 6.07) is 74.9. The van der Waals surface area contributed by atoms with Gasteiger partial charge in [-0.2, -0.15) is 0 Å². The molecule has 0 saturated carbocycles. The van der Waals surface area contributed by atoms with Crippen molar-refractivity contribution in [1.29, 1.82) is 0 Å². The summed E-state index contributed by atoms with van der Waals surface area (Å²) in [5, 5.41) is 2.36. The van der Waals surface area contributed by atoms with Crippen molar-refractivity contribution in [3.05, 3.63) is 251 Å². The molecule has 1 aliphatic rings. The zero-order chi connectivity index (χ0) is 50.0. The third kappa shape index (κ3) is 8.31. The number of aromatic nitrogens is 2. The molecule has 5 heteroatoms. The predicted octanol–water partition coefficient (Wildman–Crippen LogP) is 17.5. The van der Waals surface area contributed by atoms with Gasteiger partial charge in [-0.15, -0.1) is 0 Å². The summed E-state index contributed by atoms with van der Waals surface area (Å²) in [5.74, 6) is 2.40. The number of nitrogens with zero attached hydrogens (tertiary/aromatic N) is 4. The first-order valence-electron chi connectivity index (χ1n) is 25.4. The van der Waals surface area contributed by atoms with Crippen LogP contribution in [0.4, 0.5) is 22.7 Å². The molecule has 72 heavy (non-hydrogen) atoms. The summed E-state index contributed by atoms with van der Waals surface area (Å²) in [6.07, 6.45) is 1.95. The molecule has 0 fully saturated rings. The fourth-order valence-corrected chi connectivity index (χ4v) is 10.8. The largest absolute Gasteiger partial charge is 0.457 e. The van der Waals surface area contributed by atoms with E-state index in [1.165, 1.54) is 55.7 Å². The topological polar surface area (TPSA) is 33.5 Å². The number of benzene rings is 8. The molecule has 358 valence electrons. The smallest absolute Gasteiger partial charge is 0.137 e. The number of hydrogen-bond donors (Lipinski definition) is 0. The number of anilines is 4. The molecular formula is C67H64N4O. The van der Waals surface area contributed by atoms with E-state index in [1.54, 1.807) is 0 Å². The normalized spacial score (nSPS) is 13.2. The Kier molecular flexibility index (Phi) is 11.5. The van der Waals surface area contributed by atoms with Crippen LogP contribution in [-0.4, -0.2) is 16.2 Å². The molecule has 0 spiro atoms. The second kappa shape index (κ2) is 17.8. The van der Waals surface area contributed by atoms with E-state index in [0.29, 0.717) is 6.67 Å². The van der Waals surface area contributed by atoms with Crippen molar-refractivity contribution in [3.63, 3.8) is 0 Å². The molecule has 0 radical (unpaired) electrons. The molecule has 8 aromatic carbocycles. The van der Waals surface area contributed by atoms with Crippen LogP contribution in [0.1, 0.15) is 101 Å². The van der Waals surface area contributed by atoms with Gasteiger partial charge in [0.2, 0.25) is 0 Å². The second-order valence-electron chi connectivity index (χ2n) is 22.2. The monoisotopic (exact) mass is 941 g/mol. The van der Waals surface area contributed by atoms with E-state index in [4.69, 9.17) is 9.72 Å². The van der Waals surface area contributed by atoms with Gasteiger partial charge in [0, 0.05) is 56.7 Å². The summed E-state index contributed by atoms with van der Waals surface area (Å²) in [7, 11) is 0. The third-order valence-electron chi connectivity index (χ3n) is 15.6. The van der Waals surface area contributed by atoms with Crippen LogP contribution in [0.3, 0.4) is 0 Å². The maximum atomic E-state index is 6.90. The van der Waals surface area contributed by atoms with Crippen molar-refractivity contribution in [2.45, 2.75) is 84.0 Å². The van der Waals surface area contributed by atoms with E-state index < -0.39 is 0 Å². The number of pyridine rings is 1. The summed E-state index contributed by atoms with van der Waals surface area (Å²) in [6.45, 7) is 21.4. The molecule has 5 nitrogen and oxygen atoms in total. The Morgan fingerprint density at radius 2 is 0.917 bits per heavy atom. The van der Waals surface area contributed by atoms with Crippen LogP contribution >= 0.6 is 0 Å². The Morgan fingerprint density at radius 3 is 1.50 bits per heavy atom. The van der Waals surface area contributed by atoms with Crippen LogP contribution in [0, 0.1) is 0 Å². The molecule has 0 atom stereocenters. The number of fused-ring (bicyclic) bond motifs is 4. The minimum absolute atomic E-state index is 0.00696. The second-order valence-corrected chi connectivity index (χ2v) is 22.2. The van der Waals surface area contributed by atoms with Crippen LogP contribution in [0.5, 0.6) is 11.5 Å². The number of para-hydroxylation sites is 2. The molecule has 0 N–H and O–H groups in total. The third-order valence-corrected chi connectivity index (χ3v) is 15.6. The minimum atomic E-state index is -0.240. The lowest BCUT2D eigenvalue weighted by Crippen LogP contribution is -2.27. The standard InChI is InChI=1S/C67H64N4O/c1-64(2,3)49-32-35-59-58(41-49)57-34-33-56(44-62(57)71(59)63-42-50(36-37-68-63)65(4,5)46-22-13-10-14-23-46)72-55-29-21-28-53(43-55)69-45-70(61-31-20-19-30-60(61)69)54-39-51(66(6,7)47-24-15-11-16-25-47)38-52(40-54)67(8,9)48-26-17-12-18-27-48/h10-44H,45H2,1-9H3. The summed E-state index contributed by atoms with van der Waals surface area (Å²) in [5.41, 5.74) is 14.9. The molecule has 0 saturated heterocycles. The Balaban J connectivity index is 0.965. The zero-order valence-electron chi connectivity index (χ0n) is 43.1. The van der Waals surface area contributed by atoms with E-state index in [1.807, 2.05) is 6.20 Å². The summed E-state index contributed by atoms with van der Waals surface area (Å²) < 4.78 is 9.21. The number of hydrogen-bond acceptors (Lipinski definition) is 4. The van der Waals surface area contributed by atoms with Gasteiger partial charge < -0.3 is 14.5 Å². The molecule has 0 aliphatic carbocycles. The molecule has 11 rings (SSSR count). The van der Waals surface area contributed by atoms with Gasteiger partial charge in [0.1, 0.15) is 24.0 Å². The van der Waals surface area contributed by atoms with E-state index in [0.717, 1.165) is 45.1 Å². The van der Waals surface area contributed by atoms with Gasteiger partial charge in [0.15, 0.2) is 0 Å². The van der Waals surface area contributed by atoms with Crippen molar-refractivity contribution < 1.29 is 4.74 Å². The average Bonchev–Trinajstić information content (AvgIpc) is 3.95. The highest BCUT2D eigenvalue weighted by Gasteiger charge is 2.33. The summed E-state index contributed by atoms with van der Waals surface area (Å²) >= 11 is 0. The Hall–Kier alpha value is -7.89. The SMILES string of the molecule is CC(C)(C)c1ccc2c(c1)c1ccc(Oc3cccc(N4CN(c5cc(C(C)(C)c6ccccc6)cc(C(C)(C)c6ccccc6)c5)c5ccccc54)c3)cc1n2-c1cc(C(C)(C)c2ccccc2)ccn1. The van der Waals surface area contributed by atoms with Crippen molar-refractivity contribution in [2.75, 3.05) is 16.5 Å². The Labute approximate surface area is 426 Å². The van der Waals surface area contributed by atoms with Crippen molar-refractivity contribution in [3.8, 4) is 17.3 Å². The fraction of sp³-hybridized carbons (Fsp3) is 0.209. The van der Waals surface area contributed by atoms with Crippen LogP contribution in [0.25, 0.3) is 27.6 Å². The van der Waals surface area contributed by atoms with Crippen molar-refractivity contribution >= 4 is 44.6 Å². The van der Waals surface area contributed by atoms with Crippen molar-refractivity contribution in [1.82, 2.24) is 9.55 Å². The lowest BCUT2D eigenvalue weighted by Gasteiger charge is -2.33. The van der Waals surface area contributed by atoms with Gasteiger partial charge in [0.05, 0.1) is 22.4 Å². The molecule has 0 unspecified atom stereocenters. The molecular weight excluding hydrogens is 877 g/mol. The average molecular weight is 941 g/mol. The number of ether oxygens (including phenoxy) is 1. The van der Waals surface area contributed by atoms with E-state index in [2.05, 4.69) is 283 Å². The first-order valence-corrected chi connectivity index (χ1v) is 25.4. The first-order chi connectivity index (χ1) is 34.6. The highest BCUT2D eigenvalue weighted by atomic mass is 16.5. The van der Waals surface area contributed by atoms with Crippen LogP contribution in [0.2, 0.25) is 0 Å². The van der Waals surface area contributed by atoms with Gasteiger partial charge in [-0.05, 0) is 117 Å². The Morgan fingerprint density at radius 1 is 0.375 bits per heavy atom.